The van der Waals surface area contributed by atoms with E-state index in [-0.39, 0.29) is 5.91 Å². The van der Waals surface area contributed by atoms with E-state index in [0.717, 1.165) is 31.0 Å². The summed E-state index contributed by atoms with van der Waals surface area (Å²) >= 11 is 0. The molecule has 2 aromatic rings. The Hall–Kier alpha value is -2.14. The molecule has 1 aromatic heterocycles. The zero-order valence-corrected chi connectivity index (χ0v) is 13.8. The molecule has 1 amide bonds. The van der Waals surface area contributed by atoms with Crippen LogP contribution in [0.1, 0.15) is 29.4 Å². The SMILES string of the molecule is Cc1cnc(CN(C)C(=O)CN2CC[C@@H](c3ccccc3)C2)[nH]1. The minimum atomic E-state index is 0.146. The molecule has 1 atom stereocenters. The van der Waals surface area contributed by atoms with Gasteiger partial charge in [0, 0.05) is 25.5 Å². The Balaban J connectivity index is 1.50. The lowest BCUT2D eigenvalue weighted by molar-refractivity contribution is -0.131. The van der Waals surface area contributed by atoms with E-state index >= 15 is 0 Å². The van der Waals surface area contributed by atoms with Gasteiger partial charge in [-0.3, -0.25) is 9.69 Å². The first-order valence-corrected chi connectivity index (χ1v) is 8.13. The maximum atomic E-state index is 12.4. The van der Waals surface area contributed by atoms with Crippen LogP contribution in [0.4, 0.5) is 0 Å². The van der Waals surface area contributed by atoms with Gasteiger partial charge >= 0.3 is 0 Å². The number of nitrogens with one attached hydrogen (secondary N) is 1. The number of rotatable bonds is 5. The molecule has 0 unspecified atom stereocenters. The van der Waals surface area contributed by atoms with Crippen molar-refractivity contribution in [1.29, 1.82) is 0 Å². The highest BCUT2D eigenvalue weighted by Crippen LogP contribution is 2.26. The standard InChI is InChI=1S/C18H24N4O/c1-14-10-19-17(20-14)12-21(2)18(23)13-22-9-8-16(11-22)15-6-4-3-5-7-15/h3-7,10,16H,8-9,11-13H2,1-2H3,(H,19,20)/t16-/m1/s1. The minimum absolute atomic E-state index is 0.146. The van der Waals surface area contributed by atoms with Crippen LogP contribution in [-0.2, 0) is 11.3 Å². The third kappa shape index (κ3) is 3.99. The number of carbonyl (C=O) groups excluding carboxylic acids is 1. The number of carbonyl (C=O) groups is 1. The molecular formula is C18H24N4O. The maximum Gasteiger partial charge on any atom is 0.236 e. The van der Waals surface area contributed by atoms with E-state index in [4.69, 9.17) is 0 Å². The lowest BCUT2D eigenvalue weighted by Gasteiger charge is -2.21. The second-order valence-corrected chi connectivity index (χ2v) is 6.39. The van der Waals surface area contributed by atoms with Crippen molar-refractivity contribution >= 4 is 5.91 Å². The molecule has 3 rings (SSSR count). The fourth-order valence-electron chi connectivity index (χ4n) is 3.15. The normalized spacial score (nSPS) is 18.3. The quantitative estimate of drug-likeness (QED) is 0.920. The monoisotopic (exact) mass is 312 g/mol. The summed E-state index contributed by atoms with van der Waals surface area (Å²) in [5.41, 5.74) is 2.40. The number of aryl methyl sites for hydroxylation is 1. The lowest BCUT2D eigenvalue weighted by atomic mass is 9.99. The predicted octanol–water partition coefficient (Wildman–Crippen LogP) is 2.17. The van der Waals surface area contributed by atoms with E-state index in [1.807, 2.05) is 20.0 Å². The highest BCUT2D eigenvalue weighted by atomic mass is 16.2. The van der Waals surface area contributed by atoms with Crippen molar-refractivity contribution in [1.82, 2.24) is 19.8 Å². The van der Waals surface area contributed by atoms with Crippen LogP contribution in [0.5, 0.6) is 0 Å². The molecule has 1 fully saturated rings. The Bertz CT molecular complexity index is 652. The number of nitrogens with zero attached hydrogens (tertiary/aromatic N) is 3. The molecule has 1 N–H and O–H groups in total. The van der Waals surface area contributed by atoms with Gasteiger partial charge in [0.05, 0.1) is 13.1 Å². The second-order valence-electron chi connectivity index (χ2n) is 6.39. The Labute approximate surface area is 137 Å². The Morgan fingerprint density at radius 2 is 2.17 bits per heavy atom. The fraction of sp³-hybridized carbons (Fsp3) is 0.444. The van der Waals surface area contributed by atoms with Gasteiger partial charge in [0.1, 0.15) is 5.82 Å². The van der Waals surface area contributed by atoms with Crippen LogP contribution in [0.3, 0.4) is 0 Å². The van der Waals surface area contributed by atoms with E-state index in [1.54, 1.807) is 11.1 Å². The van der Waals surface area contributed by atoms with Gasteiger partial charge in [-0.25, -0.2) is 4.98 Å². The molecule has 122 valence electrons. The molecule has 0 aliphatic carbocycles. The zero-order valence-electron chi connectivity index (χ0n) is 13.8. The van der Waals surface area contributed by atoms with Gasteiger partial charge in [-0.05, 0) is 31.4 Å². The smallest absolute Gasteiger partial charge is 0.236 e. The number of aromatic nitrogens is 2. The average molecular weight is 312 g/mol. The summed E-state index contributed by atoms with van der Waals surface area (Å²) in [6.45, 7) is 4.93. The lowest BCUT2D eigenvalue weighted by Crippen LogP contribution is -2.37. The predicted molar refractivity (Wildman–Crippen MR) is 90.0 cm³/mol. The molecule has 1 aliphatic rings. The summed E-state index contributed by atoms with van der Waals surface area (Å²) in [5, 5.41) is 0. The van der Waals surface area contributed by atoms with Crippen LogP contribution in [0.2, 0.25) is 0 Å². The molecule has 1 saturated heterocycles. The molecule has 2 heterocycles. The number of likely N-dealkylation sites (tertiary alicyclic amines) is 1. The summed E-state index contributed by atoms with van der Waals surface area (Å²) in [4.78, 5) is 23.8. The Morgan fingerprint density at radius 3 is 2.87 bits per heavy atom. The summed E-state index contributed by atoms with van der Waals surface area (Å²) in [6.07, 6.45) is 2.91. The van der Waals surface area contributed by atoms with Crippen molar-refractivity contribution < 1.29 is 4.79 Å². The average Bonchev–Trinajstić information content (AvgIpc) is 3.17. The van der Waals surface area contributed by atoms with Gasteiger partial charge in [0.25, 0.3) is 0 Å². The molecule has 5 heteroatoms. The van der Waals surface area contributed by atoms with Gasteiger partial charge in [-0.2, -0.15) is 0 Å². The van der Waals surface area contributed by atoms with Crippen LogP contribution < -0.4 is 0 Å². The van der Waals surface area contributed by atoms with Crippen molar-refractivity contribution in [2.75, 3.05) is 26.7 Å². The van der Waals surface area contributed by atoms with Gasteiger partial charge in [-0.1, -0.05) is 30.3 Å². The molecular weight excluding hydrogens is 288 g/mol. The van der Waals surface area contributed by atoms with Crippen molar-refractivity contribution in [3.05, 3.63) is 53.6 Å². The number of hydrogen-bond acceptors (Lipinski definition) is 3. The van der Waals surface area contributed by atoms with E-state index < -0.39 is 0 Å². The highest BCUT2D eigenvalue weighted by molar-refractivity contribution is 5.78. The molecule has 0 radical (unpaired) electrons. The van der Waals surface area contributed by atoms with Crippen LogP contribution in [0, 0.1) is 6.92 Å². The third-order valence-corrected chi connectivity index (χ3v) is 4.47. The first-order chi connectivity index (χ1) is 11.1. The summed E-state index contributed by atoms with van der Waals surface area (Å²) in [5.74, 6) is 1.52. The van der Waals surface area contributed by atoms with E-state index in [2.05, 4.69) is 39.1 Å². The Kier molecular flexibility index (Phi) is 4.76. The van der Waals surface area contributed by atoms with Crippen LogP contribution in [0.15, 0.2) is 36.5 Å². The van der Waals surface area contributed by atoms with E-state index in [1.165, 1.54) is 5.56 Å². The number of H-pyrrole nitrogens is 1. The highest BCUT2D eigenvalue weighted by Gasteiger charge is 2.26. The van der Waals surface area contributed by atoms with Crippen LogP contribution in [0.25, 0.3) is 0 Å². The molecule has 0 spiro atoms. The number of amides is 1. The first-order valence-electron chi connectivity index (χ1n) is 8.13. The largest absolute Gasteiger partial charge is 0.345 e. The second kappa shape index (κ2) is 6.96. The minimum Gasteiger partial charge on any atom is -0.345 e. The van der Waals surface area contributed by atoms with Crippen molar-refractivity contribution in [3.63, 3.8) is 0 Å². The van der Waals surface area contributed by atoms with Gasteiger partial charge in [-0.15, -0.1) is 0 Å². The first kappa shape index (κ1) is 15.7. The fourth-order valence-corrected chi connectivity index (χ4v) is 3.15. The van der Waals surface area contributed by atoms with Crippen molar-refractivity contribution in [3.8, 4) is 0 Å². The van der Waals surface area contributed by atoms with Crippen molar-refractivity contribution in [2.24, 2.45) is 0 Å². The zero-order chi connectivity index (χ0) is 16.2. The maximum absolute atomic E-state index is 12.4. The van der Waals surface area contributed by atoms with E-state index in [0.29, 0.717) is 19.0 Å². The van der Waals surface area contributed by atoms with Crippen molar-refractivity contribution in [2.45, 2.75) is 25.8 Å². The molecule has 0 saturated carbocycles. The molecule has 5 nitrogen and oxygen atoms in total. The number of hydrogen-bond donors (Lipinski definition) is 1. The summed E-state index contributed by atoms with van der Waals surface area (Å²) in [7, 11) is 1.84. The molecule has 1 aliphatic heterocycles. The summed E-state index contributed by atoms with van der Waals surface area (Å²) in [6, 6.07) is 10.6. The summed E-state index contributed by atoms with van der Waals surface area (Å²) < 4.78 is 0. The molecule has 1 aromatic carbocycles. The number of aromatic amines is 1. The third-order valence-electron chi connectivity index (χ3n) is 4.47. The van der Waals surface area contributed by atoms with Gasteiger partial charge in [0.2, 0.25) is 5.91 Å². The topological polar surface area (TPSA) is 52.2 Å². The number of imidazole rings is 1. The van der Waals surface area contributed by atoms with Crippen LogP contribution in [-0.4, -0.2) is 52.4 Å². The van der Waals surface area contributed by atoms with Crippen LogP contribution >= 0.6 is 0 Å². The van der Waals surface area contributed by atoms with Gasteiger partial charge in [0.15, 0.2) is 0 Å². The Morgan fingerprint density at radius 1 is 1.39 bits per heavy atom. The number of likely N-dealkylation sites (N-methyl/N-ethyl adjacent to an activating group) is 1. The molecule has 0 bridgehead atoms. The van der Waals surface area contributed by atoms with Gasteiger partial charge < -0.3 is 9.88 Å². The number of benzene rings is 1. The molecule has 23 heavy (non-hydrogen) atoms. The van der Waals surface area contributed by atoms with E-state index in [9.17, 15) is 4.79 Å².